The number of carbonyl (C=O) groups excluding carboxylic acids is 1. The predicted octanol–water partition coefficient (Wildman–Crippen LogP) is 3.94. The first-order chi connectivity index (χ1) is 13.3. The minimum atomic E-state index is -4.10. The second-order valence-electron chi connectivity index (χ2n) is 6.77. The molecule has 0 radical (unpaired) electrons. The maximum absolute atomic E-state index is 13.5. The van der Waals surface area contributed by atoms with Gasteiger partial charge in [-0.1, -0.05) is 13.3 Å². The minimum absolute atomic E-state index is 0.0624. The van der Waals surface area contributed by atoms with Crippen LogP contribution in [0.1, 0.15) is 25.3 Å². The Labute approximate surface area is 164 Å². The first kappa shape index (κ1) is 20.1. The van der Waals surface area contributed by atoms with Gasteiger partial charge in [-0.15, -0.1) is 0 Å². The number of hydrogen-bond acceptors (Lipinski definition) is 4. The summed E-state index contributed by atoms with van der Waals surface area (Å²) in [6.07, 6.45) is 1.97. The largest absolute Gasteiger partial charge is 0.379 e. The number of anilines is 1. The molecular formula is C20H23FN2O4S. The van der Waals surface area contributed by atoms with Gasteiger partial charge in [0.15, 0.2) is 0 Å². The third kappa shape index (κ3) is 4.44. The number of nitrogens with zero attached hydrogens (tertiary/aromatic N) is 2. The van der Waals surface area contributed by atoms with E-state index in [-0.39, 0.29) is 16.7 Å². The molecule has 0 unspecified atom stereocenters. The number of aryl methyl sites for hydroxylation is 1. The molecule has 1 fully saturated rings. The van der Waals surface area contributed by atoms with Crippen molar-refractivity contribution in [3.05, 3.63) is 53.8 Å². The molecule has 1 heterocycles. The van der Waals surface area contributed by atoms with Crippen LogP contribution in [0.2, 0.25) is 0 Å². The van der Waals surface area contributed by atoms with Gasteiger partial charge in [0, 0.05) is 31.4 Å². The van der Waals surface area contributed by atoms with Crippen LogP contribution in [0.25, 0.3) is 0 Å². The van der Waals surface area contributed by atoms with E-state index in [1.807, 2.05) is 0 Å². The Balaban J connectivity index is 1.74. The van der Waals surface area contributed by atoms with Gasteiger partial charge in [0.25, 0.3) is 0 Å². The normalized spacial score (nSPS) is 14.6. The molecule has 2 aromatic carbocycles. The molecule has 0 aromatic heterocycles. The summed E-state index contributed by atoms with van der Waals surface area (Å²) in [5.74, 6) is -0.649. The fourth-order valence-corrected chi connectivity index (χ4v) is 4.01. The van der Waals surface area contributed by atoms with Crippen molar-refractivity contribution in [2.45, 2.75) is 31.6 Å². The van der Waals surface area contributed by atoms with Crippen molar-refractivity contribution in [1.29, 1.82) is 0 Å². The third-order valence-electron chi connectivity index (χ3n) is 4.54. The van der Waals surface area contributed by atoms with Crippen LogP contribution in [0.4, 0.5) is 14.9 Å². The fourth-order valence-electron chi connectivity index (χ4n) is 3.10. The smallest absolute Gasteiger partial charge is 0.339 e. The molecule has 28 heavy (non-hydrogen) atoms. The Kier molecular flexibility index (Phi) is 5.88. The van der Waals surface area contributed by atoms with Gasteiger partial charge in [-0.3, -0.25) is 4.90 Å². The van der Waals surface area contributed by atoms with Crippen molar-refractivity contribution in [3.63, 3.8) is 0 Å². The molecule has 8 heteroatoms. The molecule has 1 aliphatic heterocycles. The van der Waals surface area contributed by atoms with E-state index in [0.717, 1.165) is 25.5 Å². The highest BCUT2D eigenvalue weighted by molar-refractivity contribution is 7.87. The maximum atomic E-state index is 13.5. The van der Waals surface area contributed by atoms with E-state index in [9.17, 15) is 17.6 Å². The number of amides is 2. The van der Waals surface area contributed by atoms with E-state index >= 15 is 0 Å². The van der Waals surface area contributed by atoms with Crippen LogP contribution in [0, 0.1) is 12.7 Å². The molecule has 0 N–H and O–H groups in total. The number of hydrogen-bond donors (Lipinski definition) is 0. The van der Waals surface area contributed by atoms with Crippen molar-refractivity contribution >= 4 is 21.8 Å². The lowest BCUT2D eigenvalue weighted by Crippen LogP contribution is -2.32. The summed E-state index contributed by atoms with van der Waals surface area (Å²) in [5.41, 5.74) is 1.19. The molecule has 0 bridgehead atoms. The van der Waals surface area contributed by atoms with E-state index in [1.54, 1.807) is 28.9 Å². The van der Waals surface area contributed by atoms with Crippen LogP contribution >= 0.6 is 0 Å². The van der Waals surface area contributed by atoms with Gasteiger partial charge in [-0.25, -0.2) is 9.18 Å². The minimum Gasteiger partial charge on any atom is -0.379 e. The molecule has 0 aliphatic carbocycles. The number of rotatable bonds is 7. The fraction of sp³-hybridized carbons (Fsp3) is 0.350. The lowest BCUT2D eigenvalue weighted by molar-refractivity contribution is 0.220. The predicted molar refractivity (Wildman–Crippen MR) is 105 cm³/mol. The van der Waals surface area contributed by atoms with Crippen molar-refractivity contribution in [1.82, 2.24) is 4.90 Å². The monoisotopic (exact) mass is 406 g/mol. The molecule has 2 amide bonds. The first-order valence-corrected chi connectivity index (χ1v) is 10.6. The van der Waals surface area contributed by atoms with Gasteiger partial charge in [0.2, 0.25) is 0 Å². The van der Waals surface area contributed by atoms with E-state index in [2.05, 4.69) is 6.92 Å². The van der Waals surface area contributed by atoms with E-state index in [4.69, 9.17) is 4.18 Å². The highest BCUT2D eigenvalue weighted by atomic mass is 32.2. The molecule has 0 saturated carbocycles. The lowest BCUT2D eigenvalue weighted by Gasteiger charge is -2.18. The summed E-state index contributed by atoms with van der Waals surface area (Å²) in [7, 11) is -4.10. The third-order valence-corrected chi connectivity index (χ3v) is 5.80. The van der Waals surface area contributed by atoms with Gasteiger partial charge in [-0.2, -0.15) is 8.42 Å². The highest BCUT2D eigenvalue weighted by Crippen LogP contribution is 2.25. The number of halogens is 1. The van der Waals surface area contributed by atoms with Crippen LogP contribution < -0.4 is 9.08 Å². The quantitative estimate of drug-likeness (QED) is 0.653. The Bertz CT molecular complexity index is 940. The zero-order valence-corrected chi connectivity index (χ0v) is 16.7. The Morgan fingerprint density at radius 2 is 1.82 bits per heavy atom. The molecule has 3 rings (SSSR count). The average Bonchev–Trinajstić information content (AvgIpc) is 2.99. The van der Waals surface area contributed by atoms with Gasteiger partial charge >= 0.3 is 16.1 Å². The number of urea groups is 1. The topological polar surface area (TPSA) is 66.9 Å². The van der Waals surface area contributed by atoms with Crippen LogP contribution in [0.5, 0.6) is 5.75 Å². The Hall–Kier alpha value is -2.61. The number of benzene rings is 2. The average molecular weight is 406 g/mol. The lowest BCUT2D eigenvalue weighted by atomic mass is 10.2. The van der Waals surface area contributed by atoms with E-state index in [1.165, 1.54) is 24.3 Å². The van der Waals surface area contributed by atoms with Gasteiger partial charge in [0.05, 0.1) is 0 Å². The van der Waals surface area contributed by atoms with Gasteiger partial charge in [0.1, 0.15) is 16.5 Å². The zero-order chi connectivity index (χ0) is 20.3. The van der Waals surface area contributed by atoms with Crippen LogP contribution in [0.3, 0.4) is 0 Å². The summed E-state index contributed by atoms with van der Waals surface area (Å²) in [4.78, 5) is 15.8. The summed E-state index contributed by atoms with van der Waals surface area (Å²) in [5, 5.41) is 0. The Morgan fingerprint density at radius 1 is 1.11 bits per heavy atom. The second kappa shape index (κ2) is 8.18. The summed E-state index contributed by atoms with van der Waals surface area (Å²) in [6, 6.07) is 9.61. The van der Waals surface area contributed by atoms with Gasteiger partial charge < -0.3 is 9.08 Å². The SMILES string of the molecule is CCCCN1CCN(c2ccc(S(=O)(=O)Oc3cc(C)cc(F)c3)cc2)C1=O. The van der Waals surface area contributed by atoms with Crippen LogP contribution in [-0.2, 0) is 10.1 Å². The standard InChI is InChI=1S/C20H23FN2O4S/c1-3-4-9-22-10-11-23(20(22)24)17-5-7-19(8-6-17)28(25,26)27-18-13-15(2)12-16(21)14-18/h5-8,12-14H,3-4,9-11H2,1-2H3. The highest BCUT2D eigenvalue weighted by Gasteiger charge is 2.29. The Morgan fingerprint density at radius 3 is 2.46 bits per heavy atom. The molecule has 6 nitrogen and oxygen atoms in total. The van der Waals surface area contributed by atoms with E-state index in [0.29, 0.717) is 24.3 Å². The molecule has 150 valence electrons. The molecule has 1 saturated heterocycles. The van der Waals surface area contributed by atoms with Crippen molar-refractivity contribution in [2.75, 3.05) is 24.5 Å². The van der Waals surface area contributed by atoms with Crippen molar-refractivity contribution in [2.24, 2.45) is 0 Å². The number of carbonyl (C=O) groups is 1. The molecular weight excluding hydrogens is 383 g/mol. The zero-order valence-electron chi connectivity index (χ0n) is 15.9. The van der Waals surface area contributed by atoms with E-state index < -0.39 is 15.9 Å². The summed E-state index contributed by atoms with van der Waals surface area (Å²) < 4.78 is 43.4. The molecule has 2 aromatic rings. The maximum Gasteiger partial charge on any atom is 0.339 e. The van der Waals surface area contributed by atoms with Crippen LogP contribution in [-0.4, -0.2) is 39.0 Å². The molecule has 0 spiro atoms. The van der Waals surface area contributed by atoms with Crippen molar-refractivity contribution < 1.29 is 21.8 Å². The summed E-state index contributed by atoms with van der Waals surface area (Å²) in [6.45, 7) is 5.66. The molecule has 0 atom stereocenters. The van der Waals surface area contributed by atoms with Crippen LogP contribution in [0.15, 0.2) is 47.4 Å². The number of unbranched alkanes of at least 4 members (excludes halogenated alkanes) is 1. The molecule has 1 aliphatic rings. The first-order valence-electron chi connectivity index (χ1n) is 9.18. The van der Waals surface area contributed by atoms with Crippen molar-refractivity contribution in [3.8, 4) is 5.75 Å². The summed E-state index contributed by atoms with van der Waals surface area (Å²) >= 11 is 0. The second-order valence-corrected chi connectivity index (χ2v) is 8.32. The van der Waals surface area contributed by atoms with Gasteiger partial charge in [-0.05, 0) is 55.3 Å².